The summed E-state index contributed by atoms with van der Waals surface area (Å²) in [5.41, 5.74) is 11.0. The summed E-state index contributed by atoms with van der Waals surface area (Å²) in [6.07, 6.45) is 2.86. The highest BCUT2D eigenvalue weighted by atomic mass is 35.5. The number of ether oxygens (including phenoxy) is 1. The zero-order valence-electron chi connectivity index (χ0n) is 17.8. The Hall–Kier alpha value is -3.45. The van der Waals surface area contributed by atoms with Crippen LogP contribution in [0.1, 0.15) is 21.5 Å². The summed E-state index contributed by atoms with van der Waals surface area (Å²) in [5.74, 6) is -0.0387. The Kier molecular flexibility index (Phi) is 8.94. The van der Waals surface area contributed by atoms with Crippen LogP contribution in [-0.4, -0.2) is 21.0 Å². The number of aromatic carboxylic acids is 1. The number of pyridine rings is 2. The van der Waals surface area contributed by atoms with Gasteiger partial charge in [-0.25, -0.2) is 9.78 Å². The molecule has 0 spiro atoms. The van der Waals surface area contributed by atoms with Gasteiger partial charge in [-0.15, -0.1) is 24.8 Å². The van der Waals surface area contributed by atoms with Crippen LogP contribution in [0.3, 0.4) is 0 Å². The number of hydrogen-bond donors (Lipinski definition) is 2. The predicted octanol–water partition coefficient (Wildman–Crippen LogP) is 5.91. The molecule has 0 radical (unpaired) electrons. The largest absolute Gasteiger partial charge is 0.478 e. The molecule has 0 aliphatic rings. The third-order valence-corrected chi connectivity index (χ3v) is 4.82. The normalized spacial score (nSPS) is 10.0. The van der Waals surface area contributed by atoms with Crippen LogP contribution in [0, 0.1) is 6.92 Å². The number of aryl methyl sites for hydroxylation is 1. The summed E-state index contributed by atoms with van der Waals surface area (Å²) in [7, 11) is 0. The minimum absolute atomic E-state index is 0. The smallest absolute Gasteiger partial charge is 0.337 e. The lowest BCUT2D eigenvalue weighted by atomic mass is 10.0. The number of nitrogens with two attached hydrogens (primary N) is 1. The van der Waals surface area contributed by atoms with E-state index in [-0.39, 0.29) is 30.4 Å². The Balaban J connectivity index is 0.00000193. The number of hydrogen-bond acceptors (Lipinski definition) is 5. The van der Waals surface area contributed by atoms with Crippen molar-refractivity contribution in [3.63, 3.8) is 0 Å². The maximum atomic E-state index is 11.5. The van der Waals surface area contributed by atoms with Crippen molar-refractivity contribution in [1.82, 2.24) is 9.97 Å². The first-order valence-electron chi connectivity index (χ1n) is 9.77. The molecule has 4 rings (SSSR count). The summed E-state index contributed by atoms with van der Waals surface area (Å²) in [6, 6.07) is 20.9. The van der Waals surface area contributed by atoms with Gasteiger partial charge in [0.1, 0.15) is 5.75 Å². The molecule has 6 nitrogen and oxygen atoms in total. The predicted molar refractivity (Wildman–Crippen MR) is 134 cm³/mol. The number of carbonyl (C=O) groups is 1. The number of nitrogens with zero attached hydrogens (tertiary/aromatic N) is 2. The molecule has 0 atom stereocenters. The Morgan fingerprint density at radius 2 is 1.79 bits per heavy atom. The van der Waals surface area contributed by atoms with Crippen molar-refractivity contribution < 1.29 is 14.6 Å². The van der Waals surface area contributed by atoms with Crippen LogP contribution in [-0.2, 0) is 6.54 Å². The molecule has 0 aliphatic heterocycles. The molecule has 2 aromatic heterocycles. The Morgan fingerprint density at radius 3 is 2.55 bits per heavy atom. The fourth-order valence-electron chi connectivity index (χ4n) is 3.38. The maximum Gasteiger partial charge on any atom is 0.337 e. The molecular formula is C25H23Cl2N3O3. The van der Waals surface area contributed by atoms with E-state index in [1.807, 2.05) is 37.3 Å². The Labute approximate surface area is 204 Å². The lowest BCUT2D eigenvalue weighted by Crippen LogP contribution is -2.01. The van der Waals surface area contributed by atoms with Crippen molar-refractivity contribution >= 4 is 30.8 Å². The van der Waals surface area contributed by atoms with Crippen LogP contribution in [0.2, 0.25) is 0 Å². The number of aromatic nitrogens is 2. The van der Waals surface area contributed by atoms with Gasteiger partial charge in [-0.05, 0) is 59.5 Å². The highest BCUT2D eigenvalue weighted by Crippen LogP contribution is 2.30. The summed E-state index contributed by atoms with van der Waals surface area (Å²) >= 11 is 0. The molecule has 8 heteroatoms. The van der Waals surface area contributed by atoms with Crippen molar-refractivity contribution in [1.29, 1.82) is 0 Å². The Bertz CT molecular complexity index is 1270. The van der Waals surface area contributed by atoms with E-state index < -0.39 is 5.97 Å². The SMILES string of the molecule is Cc1cc(Oc2cccc(-c3ccncc3C(=O)O)n2)cc(-c2cccc(CN)c2)c1.Cl.Cl. The van der Waals surface area contributed by atoms with Gasteiger partial charge in [0.2, 0.25) is 5.88 Å². The molecule has 0 saturated carbocycles. The molecule has 33 heavy (non-hydrogen) atoms. The van der Waals surface area contributed by atoms with E-state index in [0.29, 0.717) is 29.4 Å². The second-order valence-electron chi connectivity index (χ2n) is 7.13. The van der Waals surface area contributed by atoms with Crippen LogP contribution in [0.5, 0.6) is 11.6 Å². The number of carboxylic acid groups (broad SMARTS) is 1. The molecule has 170 valence electrons. The lowest BCUT2D eigenvalue weighted by Gasteiger charge is -2.11. The molecule has 2 aromatic carbocycles. The molecule has 0 saturated heterocycles. The quantitative estimate of drug-likeness (QED) is 0.353. The van der Waals surface area contributed by atoms with E-state index in [1.54, 1.807) is 30.5 Å². The second kappa shape index (κ2) is 11.4. The molecule has 0 amide bonds. The van der Waals surface area contributed by atoms with Crippen LogP contribution in [0.25, 0.3) is 22.4 Å². The highest BCUT2D eigenvalue weighted by Gasteiger charge is 2.13. The molecule has 0 unspecified atom stereocenters. The average Bonchev–Trinajstić information content (AvgIpc) is 2.79. The fraction of sp³-hybridized carbons (Fsp3) is 0.0800. The van der Waals surface area contributed by atoms with Crippen molar-refractivity contribution in [2.45, 2.75) is 13.5 Å². The van der Waals surface area contributed by atoms with E-state index >= 15 is 0 Å². The third kappa shape index (κ3) is 6.08. The zero-order chi connectivity index (χ0) is 21.8. The van der Waals surface area contributed by atoms with Gasteiger partial charge in [0.15, 0.2) is 0 Å². The topological polar surface area (TPSA) is 98.3 Å². The second-order valence-corrected chi connectivity index (χ2v) is 7.13. The molecule has 3 N–H and O–H groups in total. The first kappa shape index (κ1) is 25.8. The molecule has 0 bridgehead atoms. The molecule has 0 fully saturated rings. The van der Waals surface area contributed by atoms with Gasteiger partial charge in [-0.3, -0.25) is 4.98 Å². The number of benzene rings is 2. The number of carboxylic acids is 1. The third-order valence-electron chi connectivity index (χ3n) is 4.82. The minimum Gasteiger partial charge on any atom is -0.478 e. The fourth-order valence-corrected chi connectivity index (χ4v) is 3.38. The first-order chi connectivity index (χ1) is 15.0. The van der Waals surface area contributed by atoms with Gasteiger partial charge in [0.05, 0.1) is 11.3 Å². The van der Waals surface area contributed by atoms with Gasteiger partial charge < -0.3 is 15.6 Å². The van der Waals surface area contributed by atoms with Gasteiger partial charge in [0.25, 0.3) is 0 Å². The van der Waals surface area contributed by atoms with E-state index in [1.165, 1.54) is 6.20 Å². The summed E-state index contributed by atoms with van der Waals surface area (Å²) in [5, 5.41) is 9.43. The van der Waals surface area contributed by atoms with E-state index in [4.69, 9.17) is 10.5 Å². The molecule has 2 heterocycles. The monoisotopic (exact) mass is 483 g/mol. The standard InChI is InChI=1S/C25H21N3O3.2ClH/c1-16-10-19(18-5-2-4-17(12-18)14-26)13-20(11-16)31-24-7-3-6-23(28-24)21-8-9-27-15-22(21)25(29)30;;/h2-13,15H,14,26H2,1H3,(H,29,30);2*1H. The van der Waals surface area contributed by atoms with E-state index in [0.717, 1.165) is 22.3 Å². The Morgan fingerprint density at radius 1 is 1.00 bits per heavy atom. The van der Waals surface area contributed by atoms with Crippen molar-refractivity contribution in [3.8, 4) is 34.0 Å². The molecule has 0 aliphatic carbocycles. The van der Waals surface area contributed by atoms with Crippen LogP contribution in [0.4, 0.5) is 0 Å². The van der Waals surface area contributed by atoms with Crippen LogP contribution in [0.15, 0.2) is 79.1 Å². The molecule has 4 aromatic rings. The van der Waals surface area contributed by atoms with Crippen molar-refractivity contribution in [2.75, 3.05) is 0 Å². The number of halogens is 2. The lowest BCUT2D eigenvalue weighted by molar-refractivity contribution is 0.0697. The van der Waals surface area contributed by atoms with Crippen molar-refractivity contribution in [3.05, 3.63) is 95.8 Å². The van der Waals surface area contributed by atoms with Gasteiger partial charge >= 0.3 is 5.97 Å². The first-order valence-corrected chi connectivity index (χ1v) is 9.77. The van der Waals surface area contributed by atoms with Crippen molar-refractivity contribution in [2.24, 2.45) is 5.73 Å². The summed E-state index contributed by atoms with van der Waals surface area (Å²) in [4.78, 5) is 19.9. The summed E-state index contributed by atoms with van der Waals surface area (Å²) < 4.78 is 6.04. The van der Waals surface area contributed by atoms with Gasteiger partial charge in [0, 0.05) is 30.6 Å². The van der Waals surface area contributed by atoms with Gasteiger partial charge in [-0.2, -0.15) is 0 Å². The molecular weight excluding hydrogens is 461 g/mol. The van der Waals surface area contributed by atoms with E-state index in [9.17, 15) is 9.90 Å². The average molecular weight is 484 g/mol. The van der Waals surface area contributed by atoms with E-state index in [2.05, 4.69) is 22.1 Å². The highest BCUT2D eigenvalue weighted by molar-refractivity contribution is 5.95. The summed E-state index contributed by atoms with van der Waals surface area (Å²) in [6.45, 7) is 2.48. The van der Waals surface area contributed by atoms with Gasteiger partial charge in [-0.1, -0.05) is 30.3 Å². The minimum atomic E-state index is -1.06. The zero-order valence-corrected chi connectivity index (χ0v) is 19.4. The van der Waals surface area contributed by atoms with Crippen LogP contribution < -0.4 is 10.5 Å². The number of rotatable bonds is 6. The maximum absolute atomic E-state index is 11.5. The van der Waals surface area contributed by atoms with Crippen LogP contribution >= 0.6 is 24.8 Å².